The molecule has 0 unspecified atom stereocenters. The molecular formula is C19H20FN5OS. The van der Waals surface area contributed by atoms with Crippen LogP contribution in [0.15, 0.2) is 54.9 Å². The van der Waals surface area contributed by atoms with Gasteiger partial charge in [-0.25, -0.2) is 9.37 Å². The second-order valence-electron chi connectivity index (χ2n) is 6.18. The summed E-state index contributed by atoms with van der Waals surface area (Å²) in [5, 5.41) is 0. The monoisotopic (exact) mass is 385 g/mol. The van der Waals surface area contributed by atoms with Crippen LogP contribution in [-0.2, 0) is 0 Å². The molecule has 4 N–H and O–H groups in total. The largest absolute Gasteiger partial charge is 0.382 e. The molecule has 2 aromatic carbocycles. The molecule has 1 aromatic heterocycles. The van der Waals surface area contributed by atoms with Gasteiger partial charge < -0.3 is 15.7 Å². The minimum atomic E-state index is -0.404. The van der Waals surface area contributed by atoms with Crippen molar-refractivity contribution in [2.45, 2.75) is 19.9 Å². The van der Waals surface area contributed by atoms with Crippen molar-refractivity contribution in [1.29, 1.82) is 0 Å². The standard InChI is InChI=1S/C19H20FN5OS/c1-12(2)25(27-26)24-17-6-4-3-5-14(17)13-7-8-15(16(20)9-13)18-10-23-19(21)11-22-18/h3-12,24,26H,1-2H3,(H2,21,23). The Balaban J connectivity index is 1.96. The van der Waals surface area contributed by atoms with Crippen molar-refractivity contribution in [2.24, 2.45) is 0 Å². The Morgan fingerprint density at radius 3 is 2.52 bits per heavy atom. The Labute approximate surface area is 161 Å². The van der Waals surface area contributed by atoms with Crippen molar-refractivity contribution in [1.82, 2.24) is 14.4 Å². The summed E-state index contributed by atoms with van der Waals surface area (Å²) in [7, 11) is 0. The van der Waals surface area contributed by atoms with Crippen molar-refractivity contribution in [2.75, 3.05) is 11.2 Å². The zero-order chi connectivity index (χ0) is 19.4. The molecule has 0 radical (unpaired) electrons. The number of nitrogens with one attached hydrogen (secondary N) is 1. The highest BCUT2D eigenvalue weighted by Crippen LogP contribution is 2.32. The summed E-state index contributed by atoms with van der Waals surface area (Å²) in [5.74, 6) is -0.120. The van der Waals surface area contributed by atoms with Gasteiger partial charge in [0, 0.05) is 17.2 Å². The number of para-hydroxylation sites is 1. The van der Waals surface area contributed by atoms with E-state index in [9.17, 15) is 8.94 Å². The number of hydrogen-bond acceptors (Lipinski definition) is 7. The molecule has 0 aliphatic carbocycles. The van der Waals surface area contributed by atoms with E-state index in [0.29, 0.717) is 29.0 Å². The van der Waals surface area contributed by atoms with E-state index in [1.165, 1.54) is 18.5 Å². The van der Waals surface area contributed by atoms with Crippen LogP contribution < -0.4 is 11.2 Å². The highest BCUT2D eigenvalue weighted by molar-refractivity contribution is 7.91. The van der Waals surface area contributed by atoms with Gasteiger partial charge in [0.1, 0.15) is 11.6 Å². The summed E-state index contributed by atoms with van der Waals surface area (Å²) in [6.45, 7) is 3.89. The molecule has 0 spiro atoms. The lowest BCUT2D eigenvalue weighted by Gasteiger charge is -2.25. The zero-order valence-corrected chi connectivity index (χ0v) is 15.7. The van der Waals surface area contributed by atoms with Crippen LogP contribution in [0, 0.1) is 5.82 Å². The van der Waals surface area contributed by atoms with E-state index in [0.717, 1.165) is 11.3 Å². The molecule has 0 atom stereocenters. The van der Waals surface area contributed by atoms with Crippen LogP contribution in [0.25, 0.3) is 22.4 Å². The van der Waals surface area contributed by atoms with Crippen molar-refractivity contribution in [3.63, 3.8) is 0 Å². The number of nitrogen functional groups attached to an aromatic ring is 1. The quantitative estimate of drug-likeness (QED) is 0.322. The number of nitrogens with zero attached hydrogens (tertiary/aromatic N) is 3. The fourth-order valence-electron chi connectivity index (χ4n) is 2.56. The highest BCUT2D eigenvalue weighted by Gasteiger charge is 2.14. The lowest BCUT2D eigenvalue weighted by atomic mass is 10.0. The minimum absolute atomic E-state index is 0.0521. The fraction of sp³-hybridized carbons (Fsp3) is 0.158. The minimum Gasteiger partial charge on any atom is -0.382 e. The first-order valence-corrected chi connectivity index (χ1v) is 9.07. The van der Waals surface area contributed by atoms with E-state index in [4.69, 9.17) is 5.73 Å². The third-order valence-corrected chi connectivity index (χ3v) is 4.63. The van der Waals surface area contributed by atoms with Crippen LogP contribution in [-0.4, -0.2) is 25.0 Å². The summed E-state index contributed by atoms with van der Waals surface area (Å²) in [4.78, 5) is 8.08. The van der Waals surface area contributed by atoms with Crippen LogP contribution >= 0.6 is 12.2 Å². The van der Waals surface area contributed by atoms with Crippen LogP contribution in [0.4, 0.5) is 15.9 Å². The molecule has 140 valence electrons. The maximum Gasteiger partial charge on any atom is 0.141 e. The Bertz CT molecular complexity index is 920. The summed E-state index contributed by atoms with van der Waals surface area (Å²) in [6, 6.07) is 12.5. The van der Waals surface area contributed by atoms with Gasteiger partial charge in [0.15, 0.2) is 0 Å². The molecule has 3 aromatic rings. The molecule has 3 rings (SSSR count). The molecule has 0 saturated carbocycles. The maximum absolute atomic E-state index is 14.7. The Hall–Kier alpha value is -2.68. The first-order chi connectivity index (χ1) is 13.0. The van der Waals surface area contributed by atoms with Gasteiger partial charge in [-0.2, -0.15) is 0 Å². The van der Waals surface area contributed by atoms with Crippen molar-refractivity contribution >= 4 is 23.7 Å². The predicted molar refractivity (Wildman–Crippen MR) is 108 cm³/mol. The first-order valence-electron chi connectivity index (χ1n) is 8.34. The number of rotatable bonds is 6. The SMILES string of the molecule is CC(C)N(Nc1ccccc1-c1ccc(-c2cnc(N)cn2)c(F)c1)SO. The number of nitrogens with two attached hydrogens (primary N) is 1. The van der Waals surface area contributed by atoms with E-state index < -0.39 is 5.82 Å². The predicted octanol–water partition coefficient (Wildman–Crippen LogP) is 4.69. The van der Waals surface area contributed by atoms with E-state index >= 15 is 0 Å². The third-order valence-electron chi connectivity index (χ3n) is 3.94. The third kappa shape index (κ3) is 4.36. The van der Waals surface area contributed by atoms with E-state index in [1.54, 1.807) is 10.5 Å². The van der Waals surface area contributed by atoms with Gasteiger partial charge in [0.05, 0.1) is 36.0 Å². The van der Waals surface area contributed by atoms with Gasteiger partial charge in [0.25, 0.3) is 0 Å². The molecule has 0 fully saturated rings. The molecule has 6 nitrogen and oxygen atoms in total. The lowest BCUT2D eigenvalue weighted by molar-refractivity contribution is 0.431. The van der Waals surface area contributed by atoms with Crippen LogP contribution in [0.3, 0.4) is 0 Å². The molecule has 8 heteroatoms. The second-order valence-corrected chi connectivity index (χ2v) is 6.74. The summed E-state index contributed by atoms with van der Waals surface area (Å²) >= 11 is 0.603. The summed E-state index contributed by atoms with van der Waals surface area (Å²) in [5.41, 5.74) is 11.7. The van der Waals surface area contributed by atoms with Gasteiger partial charge in [-0.05, 0) is 37.6 Å². The second kappa shape index (κ2) is 8.34. The van der Waals surface area contributed by atoms with Crippen molar-refractivity contribution < 1.29 is 8.94 Å². The topological polar surface area (TPSA) is 87.3 Å². The molecule has 27 heavy (non-hydrogen) atoms. The molecule has 0 saturated heterocycles. The number of aromatic nitrogens is 2. The van der Waals surface area contributed by atoms with Crippen molar-refractivity contribution in [3.05, 3.63) is 60.7 Å². The molecular weight excluding hydrogens is 365 g/mol. The average Bonchev–Trinajstić information content (AvgIpc) is 2.67. The summed E-state index contributed by atoms with van der Waals surface area (Å²) < 4.78 is 25.8. The average molecular weight is 385 g/mol. The smallest absolute Gasteiger partial charge is 0.141 e. The Morgan fingerprint density at radius 1 is 1.11 bits per heavy atom. The molecule has 0 amide bonds. The van der Waals surface area contributed by atoms with Gasteiger partial charge >= 0.3 is 0 Å². The zero-order valence-electron chi connectivity index (χ0n) is 14.9. The van der Waals surface area contributed by atoms with Gasteiger partial charge in [-0.15, -0.1) is 4.41 Å². The molecule has 0 bridgehead atoms. The van der Waals surface area contributed by atoms with Crippen LogP contribution in [0.2, 0.25) is 0 Å². The molecule has 0 aliphatic rings. The first kappa shape index (κ1) is 19.1. The number of halogens is 1. The van der Waals surface area contributed by atoms with Gasteiger partial charge in [0.2, 0.25) is 0 Å². The lowest BCUT2D eigenvalue weighted by Crippen LogP contribution is -2.29. The normalized spacial score (nSPS) is 11.2. The van der Waals surface area contributed by atoms with Crippen molar-refractivity contribution in [3.8, 4) is 22.4 Å². The maximum atomic E-state index is 14.7. The number of anilines is 2. The summed E-state index contributed by atoms with van der Waals surface area (Å²) in [6.07, 6.45) is 2.84. The number of benzene rings is 2. The van der Waals surface area contributed by atoms with Gasteiger partial charge in [-0.1, -0.05) is 24.3 Å². The highest BCUT2D eigenvalue weighted by atomic mass is 32.2. The van der Waals surface area contributed by atoms with Crippen LogP contribution in [0.1, 0.15) is 13.8 Å². The number of hydrogen-bond donors (Lipinski definition) is 3. The Kier molecular flexibility index (Phi) is 5.90. The Morgan fingerprint density at radius 2 is 1.89 bits per heavy atom. The fourth-order valence-corrected chi connectivity index (χ4v) is 2.89. The van der Waals surface area contributed by atoms with E-state index in [-0.39, 0.29) is 11.9 Å². The molecule has 1 heterocycles. The van der Waals surface area contributed by atoms with E-state index in [2.05, 4.69) is 15.4 Å². The molecule has 0 aliphatic heterocycles. The van der Waals surface area contributed by atoms with Gasteiger partial charge in [-0.3, -0.25) is 4.98 Å². The number of hydrazine groups is 1. The van der Waals surface area contributed by atoms with E-state index in [1.807, 2.05) is 44.2 Å². The van der Waals surface area contributed by atoms with Crippen LogP contribution in [0.5, 0.6) is 0 Å².